The zero-order valence-electron chi connectivity index (χ0n) is 7.72. The van der Waals surface area contributed by atoms with Gasteiger partial charge in [0, 0.05) is 18.2 Å². The highest BCUT2D eigenvalue weighted by atomic mass is 14.9. The van der Waals surface area contributed by atoms with Crippen molar-refractivity contribution in [3.05, 3.63) is 23.9 Å². The molecule has 0 aromatic rings. The average Bonchev–Trinajstić information content (AvgIpc) is 2.50. The third-order valence-corrected chi connectivity index (χ3v) is 3.02. The van der Waals surface area contributed by atoms with Crippen LogP contribution in [0.5, 0.6) is 0 Å². The molecule has 12 heavy (non-hydrogen) atoms. The molecular formula is C11H17N. The molecule has 1 heteroatoms. The predicted octanol–water partition coefficient (Wildman–Crippen LogP) is 2.61. The third kappa shape index (κ3) is 1.28. The van der Waals surface area contributed by atoms with Gasteiger partial charge in [-0.2, -0.15) is 0 Å². The molecule has 1 aliphatic heterocycles. The van der Waals surface area contributed by atoms with Crippen LogP contribution in [0.2, 0.25) is 0 Å². The van der Waals surface area contributed by atoms with Crippen molar-refractivity contribution in [3.63, 3.8) is 0 Å². The van der Waals surface area contributed by atoms with Gasteiger partial charge >= 0.3 is 0 Å². The largest absolute Gasteiger partial charge is 0.387 e. The molecule has 2 rings (SSSR count). The van der Waals surface area contributed by atoms with E-state index in [0.717, 1.165) is 12.0 Å². The number of hydrogen-bond acceptors (Lipinski definition) is 1. The molecule has 0 bridgehead atoms. The van der Waals surface area contributed by atoms with Crippen LogP contribution in [-0.2, 0) is 0 Å². The van der Waals surface area contributed by atoms with Crippen LogP contribution < -0.4 is 5.32 Å². The number of rotatable bonds is 1. The summed E-state index contributed by atoms with van der Waals surface area (Å²) in [4.78, 5) is 0. The van der Waals surface area contributed by atoms with E-state index in [-0.39, 0.29) is 0 Å². The molecule has 1 fully saturated rings. The fraction of sp³-hybridized carbons (Fsp3) is 0.636. The Hall–Kier alpha value is -0.720. The van der Waals surface area contributed by atoms with E-state index in [1.807, 2.05) is 0 Å². The monoisotopic (exact) mass is 163 g/mol. The van der Waals surface area contributed by atoms with E-state index in [2.05, 4.69) is 30.6 Å². The highest BCUT2D eigenvalue weighted by Crippen LogP contribution is 2.34. The summed E-state index contributed by atoms with van der Waals surface area (Å²) in [5, 5.41) is 3.48. The molecule has 1 nitrogen and oxygen atoms in total. The van der Waals surface area contributed by atoms with Gasteiger partial charge in [0.1, 0.15) is 0 Å². The molecular weight excluding hydrogens is 146 g/mol. The first-order valence-corrected chi connectivity index (χ1v) is 5.00. The van der Waals surface area contributed by atoms with Gasteiger partial charge in [0.05, 0.1) is 0 Å². The lowest BCUT2D eigenvalue weighted by Gasteiger charge is -2.26. The quantitative estimate of drug-likeness (QED) is 0.626. The van der Waals surface area contributed by atoms with E-state index in [0.29, 0.717) is 0 Å². The van der Waals surface area contributed by atoms with Crippen molar-refractivity contribution in [2.24, 2.45) is 5.92 Å². The maximum atomic E-state index is 3.48. The number of fused-ring (bicyclic) bond motifs is 1. The van der Waals surface area contributed by atoms with Crippen LogP contribution in [0.25, 0.3) is 0 Å². The Balaban J connectivity index is 2.07. The first kappa shape index (κ1) is 7.90. The van der Waals surface area contributed by atoms with E-state index in [1.165, 1.54) is 31.3 Å². The lowest BCUT2D eigenvalue weighted by molar-refractivity contribution is 0.345. The second-order valence-corrected chi connectivity index (χ2v) is 3.81. The summed E-state index contributed by atoms with van der Waals surface area (Å²) >= 11 is 0. The van der Waals surface area contributed by atoms with Gasteiger partial charge in [0.2, 0.25) is 0 Å². The zero-order chi connectivity index (χ0) is 8.39. The third-order valence-electron chi connectivity index (χ3n) is 3.02. The molecule has 1 aliphatic carbocycles. The molecule has 2 aliphatic rings. The fourth-order valence-corrected chi connectivity index (χ4v) is 2.40. The van der Waals surface area contributed by atoms with Crippen molar-refractivity contribution in [1.82, 2.24) is 5.32 Å². The number of allylic oxidation sites excluding steroid dienone is 2. The standard InChI is InChI=1S/C11H17N/c1-2-5-9-8-12-11-7-4-3-6-10(9)11/h2,5,8,10-12H,3-4,6-7H2,1H3/b5-2+. The van der Waals surface area contributed by atoms with E-state index in [4.69, 9.17) is 0 Å². The van der Waals surface area contributed by atoms with Crippen LogP contribution in [0.4, 0.5) is 0 Å². The van der Waals surface area contributed by atoms with Crippen molar-refractivity contribution in [1.29, 1.82) is 0 Å². The van der Waals surface area contributed by atoms with Crippen LogP contribution >= 0.6 is 0 Å². The molecule has 0 radical (unpaired) electrons. The molecule has 0 saturated heterocycles. The lowest BCUT2D eigenvalue weighted by atomic mass is 9.82. The molecule has 0 spiro atoms. The molecule has 2 atom stereocenters. The van der Waals surface area contributed by atoms with Crippen molar-refractivity contribution < 1.29 is 0 Å². The molecule has 2 unspecified atom stereocenters. The van der Waals surface area contributed by atoms with Crippen molar-refractivity contribution in [2.75, 3.05) is 0 Å². The van der Waals surface area contributed by atoms with E-state index < -0.39 is 0 Å². The van der Waals surface area contributed by atoms with E-state index in [9.17, 15) is 0 Å². The van der Waals surface area contributed by atoms with Crippen LogP contribution in [0.1, 0.15) is 32.6 Å². The van der Waals surface area contributed by atoms with Crippen LogP contribution in [0.15, 0.2) is 23.9 Å². The van der Waals surface area contributed by atoms with Crippen molar-refractivity contribution in [3.8, 4) is 0 Å². The normalized spacial score (nSPS) is 34.6. The van der Waals surface area contributed by atoms with Gasteiger partial charge in [-0.05, 0) is 25.3 Å². The highest BCUT2D eigenvalue weighted by molar-refractivity contribution is 5.27. The smallest absolute Gasteiger partial charge is 0.0325 e. The van der Waals surface area contributed by atoms with Gasteiger partial charge < -0.3 is 5.32 Å². The minimum absolute atomic E-state index is 0.755. The van der Waals surface area contributed by atoms with Crippen LogP contribution in [-0.4, -0.2) is 6.04 Å². The van der Waals surface area contributed by atoms with Crippen molar-refractivity contribution in [2.45, 2.75) is 38.6 Å². The lowest BCUT2D eigenvalue weighted by Crippen LogP contribution is -2.30. The Morgan fingerprint density at radius 1 is 1.42 bits per heavy atom. The summed E-state index contributed by atoms with van der Waals surface area (Å²) < 4.78 is 0. The predicted molar refractivity (Wildman–Crippen MR) is 51.8 cm³/mol. The first-order chi connectivity index (χ1) is 5.92. The maximum absolute atomic E-state index is 3.48. The van der Waals surface area contributed by atoms with Crippen molar-refractivity contribution >= 4 is 0 Å². The zero-order valence-corrected chi connectivity index (χ0v) is 7.72. The summed E-state index contributed by atoms with van der Waals surface area (Å²) in [7, 11) is 0. The SMILES string of the molecule is C/C=C/C1=CNC2CCCCC12. The first-order valence-electron chi connectivity index (χ1n) is 5.00. The Bertz CT molecular complexity index is 215. The van der Waals surface area contributed by atoms with Gasteiger partial charge in [-0.15, -0.1) is 0 Å². The summed E-state index contributed by atoms with van der Waals surface area (Å²) in [6.07, 6.45) is 12.2. The minimum Gasteiger partial charge on any atom is -0.387 e. The molecule has 1 N–H and O–H groups in total. The van der Waals surface area contributed by atoms with E-state index >= 15 is 0 Å². The topological polar surface area (TPSA) is 12.0 Å². The minimum atomic E-state index is 0.755. The Morgan fingerprint density at radius 2 is 2.25 bits per heavy atom. The van der Waals surface area contributed by atoms with Gasteiger partial charge in [-0.3, -0.25) is 0 Å². The Labute approximate surface area is 74.5 Å². The summed E-state index contributed by atoms with van der Waals surface area (Å²) in [6.45, 7) is 2.09. The summed E-state index contributed by atoms with van der Waals surface area (Å²) in [5.41, 5.74) is 1.52. The number of hydrogen-bond donors (Lipinski definition) is 1. The summed E-state index contributed by atoms with van der Waals surface area (Å²) in [6, 6.07) is 0.755. The second kappa shape index (κ2) is 3.34. The Kier molecular flexibility index (Phi) is 2.20. The number of nitrogens with one attached hydrogen (secondary N) is 1. The summed E-state index contributed by atoms with van der Waals surface area (Å²) in [5.74, 6) is 0.815. The molecule has 66 valence electrons. The second-order valence-electron chi connectivity index (χ2n) is 3.81. The molecule has 1 saturated carbocycles. The highest BCUT2D eigenvalue weighted by Gasteiger charge is 2.29. The average molecular weight is 163 g/mol. The van der Waals surface area contributed by atoms with Crippen LogP contribution in [0.3, 0.4) is 0 Å². The molecule has 0 aromatic carbocycles. The van der Waals surface area contributed by atoms with Crippen LogP contribution in [0, 0.1) is 5.92 Å². The van der Waals surface area contributed by atoms with Gasteiger partial charge in [-0.1, -0.05) is 25.0 Å². The Morgan fingerprint density at radius 3 is 3.08 bits per heavy atom. The fourth-order valence-electron chi connectivity index (χ4n) is 2.40. The van der Waals surface area contributed by atoms with E-state index in [1.54, 1.807) is 0 Å². The van der Waals surface area contributed by atoms with Gasteiger partial charge in [0.25, 0.3) is 0 Å². The molecule has 0 amide bonds. The van der Waals surface area contributed by atoms with Gasteiger partial charge in [0.15, 0.2) is 0 Å². The maximum Gasteiger partial charge on any atom is 0.0325 e. The molecule has 1 heterocycles. The molecule has 0 aromatic heterocycles. The van der Waals surface area contributed by atoms with Gasteiger partial charge in [-0.25, -0.2) is 0 Å².